The van der Waals surface area contributed by atoms with Crippen LogP contribution in [-0.4, -0.2) is 12.1 Å². The number of hydrogen-bond acceptors (Lipinski definition) is 2. The van der Waals surface area contributed by atoms with E-state index < -0.39 is 0 Å². The van der Waals surface area contributed by atoms with E-state index >= 15 is 0 Å². The molecule has 1 N–H and O–H groups in total. The molecule has 0 aromatic rings. The van der Waals surface area contributed by atoms with Gasteiger partial charge in [-0.15, -0.1) is 0 Å². The Balaban J connectivity index is 3.58. The van der Waals surface area contributed by atoms with Crippen LogP contribution in [0.5, 0.6) is 0 Å². The van der Waals surface area contributed by atoms with Crippen molar-refractivity contribution in [1.29, 1.82) is 5.26 Å². The SMILES string of the molecule is CCCCCCCC(C)(C#N)NCC. The van der Waals surface area contributed by atoms with Crippen molar-refractivity contribution in [3.05, 3.63) is 0 Å². The van der Waals surface area contributed by atoms with Crippen molar-refractivity contribution in [1.82, 2.24) is 5.32 Å². The molecule has 82 valence electrons. The van der Waals surface area contributed by atoms with Crippen molar-refractivity contribution < 1.29 is 0 Å². The Morgan fingerprint density at radius 3 is 2.29 bits per heavy atom. The molecule has 0 heterocycles. The molecule has 0 saturated carbocycles. The van der Waals surface area contributed by atoms with Gasteiger partial charge in [0.15, 0.2) is 0 Å². The first-order chi connectivity index (χ1) is 6.68. The summed E-state index contributed by atoms with van der Waals surface area (Å²) < 4.78 is 0. The predicted octanol–water partition coefficient (Wildman–Crippen LogP) is 3.24. The van der Waals surface area contributed by atoms with Gasteiger partial charge in [0.1, 0.15) is 5.54 Å². The molecule has 2 heteroatoms. The minimum absolute atomic E-state index is 0.305. The number of nitriles is 1. The zero-order chi connectivity index (χ0) is 10.9. The number of rotatable bonds is 8. The summed E-state index contributed by atoms with van der Waals surface area (Å²) in [5, 5.41) is 12.2. The highest BCUT2D eigenvalue weighted by atomic mass is 14.9. The average Bonchev–Trinajstić information content (AvgIpc) is 2.18. The number of nitrogens with one attached hydrogen (secondary N) is 1. The number of nitrogens with zero attached hydrogens (tertiary/aromatic N) is 1. The quantitative estimate of drug-likeness (QED) is 0.605. The zero-order valence-corrected chi connectivity index (χ0v) is 9.90. The van der Waals surface area contributed by atoms with Crippen LogP contribution in [0.25, 0.3) is 0 Å². The van der Waals surface area contributed by atoms with Crippen LogP contribution in [0.4, 0.5) is 0 Å². The Labute approximate surface area is 88.7 Å². The summed E-state index contributed by atoms with van der Waals surface area (Å²) in [7, 11) is 0. The molecule has 2 nitrogen and oxygen atoms in total. The lowest BCUT2D eigenvalue weighted by atomic mass is 9.95. The molecule has 0 aromatic carbocycles. The Morgan fingerprint density at radius 2 is 1.79 bits per heavy atom. The standard InChI is InChI=1S/C12H24N2/c1-4-6-7-8-9-10-12(3,11-13)14-5-2/h14H,4-10H2,1-3H3. The Kier molecular flexibility index (Phi) is 7.51. The molecule has 1 unspecified atom stereocenters. The molecule has 0 amide bonds. The summed E-state index contributed by atoms with van der Waals surface area (Å²) >= 11 is 0. The molecule has 0 rings (SSSR count). The van der Waals surface area contributed by atoms with Crippen LogP contribution < -0.4 is 5.32 Å². The van der Waals surface area contributed by atoms with E-state index in [0.29, 0.717) is 0 Å². The summed E-state index contributed by atoms with van der Waals surface area (Å²) in [6.45, 7) is 7.14. The lowest BCUT2D eigenvalue weighted by molar-refractivity contribution is 0.407. The van der Waals surface area contributed by atoms with Gasteiger partial charge in [0.2, 0.25) is 0 Å². The van der Waals surface area contributed by atoms with Gasteiger partial charge in [-0.05, 0) is 19.9 Å². The number of unbranched alkanes of at least 4 members (excludes halogenated alkanes) is 4. The maximum atomic E-state index is 9.01. The van der Waals surface area contributed by atoms with Gasteiger partial charge in [-0.3, -0.25) is 5.32 Å². The molecule has 0 aliphatic carbocycles. The Bertz CT molecular complexity index is 172. The third-order valence-electron chi connectivity index (χ3n) is 2.59. The highest BCUT2D eigenvalue weighted by Crippen LogP contribution is 2.14. The van der Waals surface area contributed by atoms with Gasteiger partial charge in [0, 0.05) is 0 Å². The van der Waals surface area contributed by atoms with E-state index in [4.69, 9.17) is 5.26 Å². The van der Waals surface area contributed by atoms with E-state index in [1.807, 2.05) is 13.8 Å². The van der Waals surface area contributed by atoms with E-state index in [2.05, 4.69) is 18.3 Å². The minimum Gasteiger partial charge on any atom is -0.300 e. The molecule has 0 aliphatic rings. The molecule has 14 heavy (non-hydrogen) atoms. The largest absolute Gasteiger partial charge is 0.300 e. The molecule has 1 atom stereocenters. The van der Waals surface area contributed by atoms with E-state index in [-0.39, 0.29) is 5.54 Å². The van der Waals surface area contributed by atoms with Gasteiger partial charge in [0.25, 0.3) is 0 Å². The van der Waals surface area contributed by atoms with Crippen molar-refractivity contribution in [3.8, 4) is 6.07 Å². The summed E-state index contributed by atoms with van der Waals surface area (Å²) in [4.78, 5) is 0. The van der Waals surface area contributed by atoms with Crippen LogP contribution in [0, 0.1) is 11.3 Å². The Morgan fingerprint density at radius 1 is 1.14 bits per heavy atom. The van der Waals surface area contributed by atoms with Crippen LogP contribution in [0.3, 0.4) is 0 Å². The van der Waals surface area contributed by atoms with E-state index in [0.717, 1.165) is 19.4 Å². The van der Waals surface area contributed by atoms with Gasteiger partial charge in [0.05, 0.1) is 6.07 Å². The van der Waals surface area contributed by atoms with E-state index in [9.17, 15) is 0 Å². The first-order valence-corrected chi connectivity index (χ1v) is 5.84. The van der Waals surface area contributed by atoms with Gasteiger partial charge >= 0.3 is 0 Å². The van der Waals surface area contributed by atoms with Crippen LogP contribution in [0.2, 0.25) is 0 Å². The highest BCUT2D eigenvalue weighted by molar-refractivity contribution is 5.03. The first-order valence-electron chi connectivity index (χ1n) is 5.84. The second kappa shape index (κ2) is 7.82. The molecule has 0 aliphatic heterocycles. The van der Waals surface area contributed by atoms with Crippen molar-refractivity contribution in [2.24, 2.45) is 0 Å². The van der Waals surface area contributed by atoms with Crippen molar-refractivity contribution in [2.45, 2.75) is 64.8 Å². The summed E-state index contributed by atoms with van der Waals surface area (Å²) in [6.07, 6.45) is 7.31. The highest BCUT2D eigenvalue weighted by Gasteiger charge is 2.20. The predicted molar refractivity (Wildman–Crippen MR) is 61.1 cm³/mol. The molecule has 0 saturated heterocycles. The maximum Gasteiger partial charge on any atom is 0.103 e. The van der Waals surface area contributed by atoms with Gasteiger partial charge in [-0.2, -0.15) is 5.26 Å². The molecule has 0 bridgehead atoms. The normalized spacial score (nSPS) is 14.7. The van der Waals surface area contributed by atoms with Crippen molar-refractivity contribution >= 4 is 0 Å². The van der Waals surface area contributed by atoms with Crippen LogP contribution >= 0.6 is 0 Å². The van der Waals surface area contributed by atoms with Gasteiger partial charge in [-0.25, -0.2) is 0 Å². The van der Waals surface area contributed by atoms with E-state index in [1.54, 1.807) is 0 Å². The minimum atomic E-state index is -0.305. The first kappa shape index (κ1) is 13.4. The topological polar surface area (TPSA) is 35.8 Å². The fourth-order valence-electron chi connectivity index (χ4n) is 1.66. The fraction of sp³-hybridized carbons (Fsp3) is 0.917. The molecule has 0 fully saturated rings. The molecular formula is C12H24N2. The van der Waals surface area contributed by atoms with Gasteiger partial charge < -0.3 is 0 Å². The van der Waals surface area contributed by atoms with Crippen LogP contribution in [-0.2, 0) is 0 Å². The van der Waals surface area contributed by atoms with Crippen LogP contribution in [0.1, 0.15) is 59.3 Å². The summed E-state index contributed by atoms with van der Waals surface area (Å²) in [5.41, 5.74) is -0.305. The van der Waals surface area contributed by atoms with Crippen molar-refractivity contribution in [3.63, 3.8) is 0 Å². The maximum absolute atomic E-state index is 9.01. The second-order valence-electron chi connectivity index (χ2n) is 4.14. The molecule has 0 spiro atoms. The van der Waals surface area contributed by atoms with Crippen molar-refractivity contribution in [2.75, 3.05) is 6.54 Å². The lowest BCUT2D eigenvalue weighted by Gasteiger charge is -2.22. The molecular weight excluding hydrogens is 172 g/mol. The zero-order valence-electron chi connectivity index (χ0n) is 9.90. The molecule has 0 radical (unpaired) electrons. The fourth-order valence-corrected chi connectivity index (χ4v) is 1.66. The molecule has 0 aromatic heterocycles. The third-order valence-corrected chi connectivity index (χ3v) is 2.59. The lowest BCUT2D eigenvalue weighted by Crippen LogP contribution is -2.40. The van der Waals surface area contributed by atoms with Crippen LogP contribution in [0.15, 0.2) is 0 Å². The monoisotopic (exact) mass is 196 g/mol. The number of hydrogen-bond donors (Lipinski definition) is 1. The second-order valence-corrected chi connectivity index (χ2v) is 4.14. The smallest absolute Gasteiger partial charge is 0.103 e. The Hall–Kier alpha value is -0.550. The summed E-state index contributed by atoms with van der Waals surface area (Å²) in [6, 6.07) is 2.36. The average molecular weight is 196 g/mol. The summed E-state index contributed by atoms with van der Waals surface area (Å²) in [5.74, 6) is 0. The van der Waals surface area contributed by atoms with Gasteiger partial charge in [-0.1, -0.05) is 46.0 Å². The third kappa shape index (κ3) is 5.99. The van der Waals surface area contributed by atoms with E-state index in [1.165, 1.54) is 25.7 Å².